The van der Waals surface area contributed by atoms with Crippen LogP contribution < -0.4 is 5.32 Å². The largest absolute Gasteiger partial charge is 0.386 e. The first-order chi connectivity index (χ1) is 11.3. The van der Waals surface area contributed by atoms with Crippen molar-refractivity contribution >= 4 is 17.2 Å². The summed E-state index contributed by atoms with van der Waals surface area (Å²) in [6.07, 6.45) is -1.54. The first kappa shape index (κ1) is 17.5. The van der Waals surface area contributed by atoms with Crippen LogP contribution in [0.5, 0.6) is 0 Å². The Morgan fingerprint density at radius 1 is 1.29 bits per heavy atom. The first-order valence-electron chi connectivity index (χ1n) is 6.96. The summed E-state index contributed by atoms with van der Waals surface area (Å²) in [5.74, 6) is -2.16. The van der Waals surface area contributed by atoms with Gasteiger partial charge in [0.15, 0.2) is 5.78 Å². The molecule has 0 radical (unpaired) electrons. The topological polar surface area (TPSA) is 92.5 Å². The smallest absolute Gasteiger partial charge is 0.293 e. The van der Waals surface area contributed by atoms with Gasteiger partial charge in [-0.25, -0.2) is 8.78 Å². The summed E-state index contributed by atoms with van der Waals surface area (Å²) in [6, 6.07) is 6.96. The van der Waals surface area contributed by atoms with Crippen LogP contribution in [0, 0.1) is 21.7 Å². The van der Waals surface area contributed by atoms with E-state index in [0.29, 0.717) is 0 Å². The summed E-state index contributed by atoms with van der Waals surface area (Å²) in [5.41, 5.74) is -0.703. The molecule has 0 fully saturated rings. The average molecular weight is 336 g/mol. The number of hydrogen-bond acceptors (Lipinski definition) is 5. The van der Waals surface area contributed by atoms with Crippen molar-refractivity contribution < 1.29 is 23.6 Å². The van der Waals surface area contributed by atoms with Crippen LogP contribution >= 0.6 is 0 Å². The molecule has 0 aliphatic heterocycles. The molecule has 24 heavy (non-hydrogen) atoms. The number of halogens is 2. The standard InChI is InChI=1S/C16H14F2N2O4/c1-9(21)10-5-6-13(14(7-10)20(23)24)19-8-15(22)16-11(17)3-2-4-12(16)18/h2-7,15,19,22H,8H2,1H3. The van der Waals surface area contributed by atoms with Gasteiger partial charge in [-0.05, 0) is 31.2 Å². The fourth-order valence-corrected chi connectivity index (χ4v) is 2.19. The highest BCUT2D eigenvalue weighted by atomic mass is 19.1. The van der Waals surface area contributed by atoms with E-state index >= 15 is 0 Å². The van der Waals surface area contributed by atoms with Crippen LogP contribution in [0.3, 0.4) is 0 Å². The van der Waals surface area contributed by atoms with E-state index in [4.69, 9.17) is 0 Å². The van der Waals surface area contributed by atoms with E-state index in [0.717, 1.165) is 18.2 Å². The van der Waals surface area contributed by atoms with Crippen LogP contribution in [0.4, 0.5) is 20.2 Å². The van der Waals surface area contributed by atoms with E-state index < -0.39 is 28.2 Å². The molecule has 0 aliphatic rings. The summed E-state index contributed by atoms with van der Waals surface area (Å²) in [5, 5.41) is 23.6. The molecule has 0 bridgehead atoms. The number of nitro groups is 1. The van der Waals surface area contributed by atoms with Gasteiger partial charge in [-0.1, -0.05) is 6.07 Å². The minimum absolute atomic E-state index is 0.0285. The molecule has 0 aromatic heterocycles. The minimum atomic E-state index is -1.54. The number of nitrogens with one attached hydrogen (secondary N) is 1. The molecular formula is C16H14F2N2O4. The van der Waals surface area contributed by atoms with Crippen molar-refractivity contribution in [1.29, 1.82) is 0 Å². The molecule has 0 saturated carbocycles. The molecule has 8 heteroatoms. The lowest BCUT2D eigenvalue weighted by Gasteiger charge is -2.15. The number of aliphatic hydroxyl groups is 1. The van der Waals surface area contributed by atoms with E-state index in [1.807, 2.05) is 0 Å². The maximum Gasteiger partial charge on any atom is 0.293 e. The zero-order chi connectivity index (χ0) is 17.9. The summed E-state index contributed by atoms with van der Waals surface area (Å²) >= 11 is 0. The SMILES string of the molecule is CC(=O)c1ccc(NCC(O)c2c(F)cccc2F)c([N+](=O)[O-])c1. The lowest BCUT2D eigenvalue weighted by atomic mass is 10.1. The van der Waals surface area contributed by atoms with Gasteiger partial charge < -0.3 is 10.4 Å². The van der Waals surface area contributed by atoms with Crippen LogP contribution in [0.1, 0.15) is 28.9 Å². The molecule has 0 amide bonds. The van der Waals surface area contributed by atoms with Gasteiger partial charge in [0.1, 0.15) is 23.4 Å². The number of hydrogen-bond donors (Lipinski definition) is 2. The van der Waals surface area contributed by atoms with Crippen LogP contribution in [0.2, 0.25) is 0 Å². The van der Waals surface area contributed by atoms with Gasteiger partial charge in [-0.2, -0.15) is 0 Å². The molecule has 0 heterocycles. The molecule has 0 aliphatic carbocycles. The highest BCUT2D eigenvalue weighted by Crippen LogP contribution is 2.27. The Kier molecular flexibility index (Phi) is 5.20. The molecule has 2 aromatic rings. The normalized spacial score (nSPS) is 11.8. The fourth-order valence-electron chi connectivity index (χ4n) is 2.19. The van der Waals surface area contributed by atoms with E-state index in [1.165, 1.54) is 25.1 Å². The van der Waals surface area contributed by atoms with Crippen molar-refractivity contribution in [2.24, 2.45) is 0 Å². The second kappa shape index (κ2) is 7.14. The summed E-state index contributed by atoms with van der Waals surface area (Å²) in [4.78, 5) is 21.7. The molecule has 6 nitrogen and oxygen atoms in total. The summed E-state index contributed by atoms with van der Waals surface area (Å²) < 4.78 is 27.2. The second-order valence-electron chi connectivity index (χ2n) is 5.08. The third kappa shape index (κ3) is 3.72. The van der Waals surface area contributed by atoms with Gasteiger partial charge in [0, 0.05) is 18.2 Å². The maximum atomic E-state index is 13.6. The third-order valence-electron chi connectivity index (χ3n) is 3.42. The minimum Gasteiger partial charge on any atom is -0.386 e. The van der Waals surface area contributed by atoms with Gasteiger partial charge >= 0.3 is 0 Å². The highest BCUT2D eigenvalue weighted by Gasteiger charge is 2.20. The Morgan fingerprint density at radius 3 is 2.46 bits per heavy atom. The zero-order valence-electron chi connectivity index (χ0n) is 12.6. The number of carbonyl (C=O) groups is 1. The molecular weight excluding hydrogens is 322 g/mol. The van der Waals surface area contributed by atoms with E-state index in [-0.39, 0.29) is 29.3 Å². The van der Waals surface area contributed by atoms with Crippen molar-refractivity contribution in [3.05, 3.63) is 69.3 Å². The molecule has 1 unspecified atom stereocenters. The number of Topliss-reactive ketones (excluding diaryl/α,β-unsaturated/α-hetero) is 1. The highest BCUT2D eigenvalue weighted by molar-refractivity contribution is 5.95. The number of ketones is 1. The molecule has 2 aromatic carbocycles. The Labute approximate surface area is 135 Å². The number of anilines is 1. The van der Waals surface area contributed by atoms with Crippen molar-refractivity contribution in [2.45, 2.75) is 13.0 Å². The predicted octanol–water partition coefficient (Wildman–Crippen LogP) is 3.22. The van der Waals surface area contributed by atoms with Gasteiger partial charge in [-0.15, -0.1) is 0 Å². The van der Waals surface area contributed by atoms with E-state index in [1.54, 1.807) is 0 Å². The van der Waals surface area contributed by atoms with Gasteiger partial charge in [-0.3, -0.25) is 14.9 Å². The first-order valence-corrected chi connectivity index (χ1v) is 6.96. The number of nitro benzene ring substituents is 1. The molecule has 0 spiro atoms. The van der Waals surface area contributed by atoms with Gasteiger partial charge in [0.05, 0.1) is 10.5 Å². The fraction of sp³-hybridized carbons (Fsp3) is 0.188. The number of nitrogens with zero attached hydrogens (tertiary/aromatic N) is 1. The average Bonchev–Trinajstić information content (AvgIpc) is 2.52. The quantitative estimate of drug-likeness (QED) is 0.480. The Morgan fingerprint density at radius 2 is 1.92 bits per heavy atom. The second-order valence-corrected chi connectivity index (χ2v) is 5.08. The maximum absolute atomic E-state index is 13.6. The number of rotatable bonds is 6. The number of benzene rings is 2. The number of carbonyl (C=O) groups excluding carboxylic acids is 1. The van der Waals surface area contributed by atoms with Crippen LogP contribution in [-0.4, -0.2) is 22.4 Å². The molecule has 2 rings (SSSR count). The van der Waals surface area contributed by atoms with Gasteiger partial charge in [0.2, 0.25) is 0 Å². The lowest BCUT2D eigenvalue weighted by Crippen LogP contribution is -2.16. The monoisotopic (exact) mass is 336 g/mol. The van der Waals surface area contributed by atoms with Crippen molar-refractivity contribution in [2.75, 3.05) is 11.9 Å². The van der Waals surface area contributed by atoms with Crippen LogP contribution in [0.15, 0.2) is 36.4 Å². The van der Waals surface area contributed by atoms with Crippen LogP contribution in [-0.2, 0) is 0 Å². The van der Waals surface area contributed by atoms with Crippen molar-refractivity contribution in [1.82, 2.24) is 0 Å². The predicted molar refractivity (Wildman–Crippen MR) is 82.9 cm³/mol. The van der Waals surface area contributed by atoms with Crippen LogP contribution in [0.25, 0.3) is 0 Å². The molecule has 126 valence electrons. The molecule has 2 N–H and O–H groups in total. The lowest BCUT2D eigenvalue weighted by molar-refractivity contribution is -0.384. The molecule has 1 atom stereocenters. The Bertz CT molecular complexity index is 775. The summed E-state index contributed by atoms with van der Waals surface area (Å²) in [7, 11) is 0. The Hall–Kier alpha value is -2.87. The van der Waals surface area contributed by atoms with Gasteiger partial charge in [0.25, 0.3) is 5.69 Å². The summed E-state index contributed by atoms with van der Waals surface area (Å²) in [6.45, 7) is 0.926. The molecule has 0 saturated heterocycles. The van der Waals surface area contributed by atoms with Crippen molar-refractivity contribution in [3.63, 3.8) is 0 Å². The zero-order valence-corrected chi connectivity index (χ0v) is 12.6. The van der Waals surface area contributed by atoms with E-state index in [9.17, 15) is 28.8 Å². The Balaban J connectivity index is 2.22. The van der Waals surface area contributed by atoms with E-state index in [2.05, 4.69) is 5.32 Å². The third-order valence-corrected chi connectivity index (χ3v) is 3.42. The number of aliphatic hydroxyl groups excluding tert-OH is 1. The van der Waals surface area contributed by atoms with Crippen molar-refractivity contribution in [3.8, 4) is 0 Å².